The molecule has 1 saturated heterocycles. The third-order valence-corrected chi connectivity index (χ3v) is 6.00. The second-order valence-electron chi connectivity index (χ2n) is 6.29. The Morgan fingerprint density at radius 3 is 2.43 bits per heavy atom. The normalized spacial score (nSPS) is 27.6. The van der Waals surface area contributed by atoms with Crippen molar-refractivity contribution in [1.82, 2.24) is 4.90 Å². The standard InChI is InChI=1S/C16H27NO3S/c1-2-7-15-17(13(11-21-15)16(19)20)14(18)10-12-8-5-3-4-6-9-12/h12-13,15H,2-11H2,1H3,(H,19,20). The van der Waals surface area contributed by atoms with E-state index >= 15 is 0 Å². The highest BCUT2D eigenvalue weighted by Gasteiger charge is 2.41. The van der Waals surface area contributed by atoms with E-state index in [2.05, 4.69) is 6.92 Å². The molecule has 0 radical (unpaired) electrons. The summed E-state index contributed by atoms with van der Waals surface area (Å²) in [4.78, 5) is 25.8. The summed E-state index contributed by atoms with van der Waals surface area (Å²) >= 11 is 1.63. The fourth-order valence-corrected chi connectivity index (χ4v) is 5.01. The van der Waals surface area contributed by atoms with Crippen LogP contribution in [0.4, 0.5) is 0 Å². The maximum Gasteiger partial charge on any atom is 0.327 e. The van der Waals surface area contributed by atoms with Gasteiger partial charge in [0.25, 0.3) is 0 Å². The minimum atomic E-state index is -0.852. The van der Waals surface area contributed by atoms with E-state index in [1.807, 2.05) is 0 Å². The van der Waals surface area contributed by atoms with Crippen LogP contribution in [0.2, 0.25) is 0 Å². The number of carboxylic acids is 1. The Hall–Kier alpha value is -0.710. The number of carbonyl (C=O) groups excluding carboxylic acids is 1. The molecule has 0 spiro atoms. The van der Waals surface area contributed by atoms with Crippen LogP contribution >= 0.6 is 11.8 Å². The van der Waals surface area contributed by atoms with Crippen LogP contribution in [-0.2, 0) is 9.59 Å². The van der Waals surface area contributed by atoms with Crippen molar-refractivity contribution < 1.29 is 14.7 Å². The van der Waals surface area contributed by atoms with Gasteiger partial charge in [0, 0.05) is 12.2 Å². The van der Waals surface area contributed by atoms with Crippen LogP contribution in [0.5, 0.6) is 0 Å². The predicted molar refractivity (Wildman–Crippen MR) is 85.2 cm³/mol. The van der Waals surface area contributed by atoms with Crippen molar-refractivity contribution in [3.8, 4) is 0 Å². The molecule has 0 aromatic heterocycles. The Morgan fingerprint density at radius 1 is 1.19 bits per heavy atom. The van der Waals surface area contributed by atoms with Crippen LogP contribution in [0.15, 0.2) is 0 Å². The second-order valence-corrected chi connectivity index (χ2v) is 7.50. The fourth-order valence-electron chi connectivity index (χ4n) is 3.48. The minimum absolute atomic E-state index is 0.0642. The fraction of sp³-hybridized carbons (Fsp3) is 0.875. The zero-order valence-corrected chi connectivity index (χ0v) is 13.7. The molecule has 21 heavy (non-hydrogen) atoms. The minimum Gasteiger partial charge on any atom is -0.480 e. The highest BCUT2D eigenvalue weighted by atomic mass is 32.2. The summed E-state index contributed by atoms with van der Waals surface area (Å²) < 4.78 is 0. The van der Waals surface area contributed by atoms with E-state index < -0.39 is 12.0 Å². The second kappa shape index (κ2) is 8.06. The van der Waals surface area contributed by atoms with Gasteiger partial charge in [-0.1, -0.05) is 39.0 Å². The van der Waals surface area contributed by atoms with E-state index in [-0.39, 0.29) is 11.3 Å². The lowest BCUT2D eigenvalue weighted by Gasteiger charge is -2.28. The van der Waals surface area contributed by atoms with Crippen LogP contribution in [0, 0.1) is 5.92 Å². The number of carboxylic acid groups (broad SMARTS) is 1. The van der Waals surface area contributed by atoms with Crippen molar-refractivity contribution in [2.75, 3.05) is 5.75 Å². The monoisotopic (exact) mass is 313 g/mol. The molecule has 120 valence electrons. The molecule has 2 atom stereocenters. The molecule has 1 heterocycles. The molecule has 5 heteroatoms. The van der Waals surface area contributed by atoms with Gasteiger partial charge in [0.2, 0.25) is 5.91 Å². The van der Waals surface area contributed by atoms with E-state index in [4.69, 9.17) is 0 Å². The Labute approximate surface area is 131 Å². The molecule has 2 unspecified atom stereocenters. The molecule has 0 aromatic carbocycles. The molecule has 1 N–H and O–H groups in total. The zero-order valence-electron chi connectivity index (χ0n) is 12.9. The van der Waals surface area contributed by atoms with Crippen LogP contribution in [0.25, 0.3) is 0 Å². The summed E-state index contributed by atoms with van der Waals surface area (Å²) in [6.45, 7) is 2.09. The SMILES string of the molecule is CCCC1SCC(C(=O)O)N1C(=O)CC1CCCCCC1. The Kier molecular flexibility index (Phi) is 6.40. The van der Waals surface area contributed by atoms with Crippen molar-refractivity contribution in [3.63, 3.8) is 0 Å². The van der Waals surface area contributed by atoms with Crippen molar-refractivity contribution in [1.29, 1.82) is 0 Å². The van der Waals surface area contributed by atoms with E-state index in [1.54, 1.807) is 16.7 Å². The highest BCUT2D eigenvalue weighted by Crippen LogP contribution is 2.34. The molecular weight excluding hydrogens is 286 g/mol. The number of thioether (sulfide) groups is 1. The molecule has 2 fully saturated rings. The number of rotatable bonds is 5. The largest absolute Gasteiger partial charge is 0.480 e. The molecule has 1 aliphatic heterocycles. The van der Waals surface area contributed by atoms with E-state index in [9.17, 15) is 14.7 Å². The summed E-state index contributed by atoms with van der Waals surface area (Å²) in [5.74, 6) is 0.214. The van der Waals surface area contributed by atoms with Gasteiger partial charge in [-0.25, -0.2) is 4.79 Å². The summed E-state index contributed by atoms with van der Waals surface area (Å²) in [6, 6.07) is -0.621. The zero-order chi connectivity index (χ0) is 15.2. The third-order valence-electron chi connectivity index (χ3n) is 4.64. The first-order valence-corrected chi connectivity index (χ1v) is 9.34. The Balaban J connectivity index is 2.00. The summed E-state index contributed by atoms with van der Waals surface area (Å²) in [5, 5.41) is 9.43. The lowest BCUT2D eigenvalue weighted by Crippen LogP contribution is -2.46. The summed E-state index contributed by atoms with van der Waals surface area (Å²) in [7, 11) is 0. The molecule has 1 saturated carbocycles. The van der Waals surface area contributed by atoms with Gasteiger partial charge in [-0.2, -0.15) is 0 Å². The van der Waals surface area contributed by atoms with Crippen LogP contribution in [0.1, 0.15) is 64.7 Å². The van der Waals surface area contributed by atoms with Crippen molar-refractivity contribution >= 4 is 23.6 Å². The first-order valence-electron chi connectivity index (χ1n) is 8.29. The van der Waals surface area contributed by atoms with Gasteiger partial charge in [0.05, 0.1) is 5.37 Å². The smallest absolute Gasteiger partial charge is 0.327 e. The van der Waals surface area contributed by atoms with Crippen molar-refractivity contribution in [3.05, 3.63) is 0 Å². The average Bonchev–Trinajstić information content (AvgIpc) is 2.70. The number of hydrogen-bond donors (Lipinski definition) is 1. The van der Waals surface area contributed by atoms with Gasteiger partial charge < -0.3 is 10.0 Å². The molecular formula is C16H27NO3S. The first kappa shape index (κ1) is 16.7. The van der Waals surface area contributed by atoms with Gasteiger partial charge >= 0.3 is 5.97 Å². The average molecular weight is 313 g/mol. The van der Waals surface area contributed by atoms with Gasteiger partial charge in [0.15, 0.2) is 0 Å². The van der Waals surface area contributed by atoms with Crippen molar-refractivity contribution in [2.45, 2.75) is 76.1 Å². The van der Waals surface area contributed by atoms with Crippen LogP contribution < -0.4 is 0 Å². The van der Waals surface area contributed by atoms with Crippen LogP contribution in [-0.4, -0.2) is 39.1 Å². The van der Waals surface area contributed by atoms with E-state index in [0.717, 1.165) is 25.7 Å². The van der Waals surface area contributed by atoms with Gasteiger partial charge in [-0.15, -0.1) is 11.8 Å². The molecule has 1 aliphatic carbocycles. The summed E-state index contributed by atoms with van der Waals surface area (Å²) in [5.41, 5.74) is 0. The maximum atomic E-state index is 12.7. The summed E-state index contributed by atoms with van der Waals surface area (Å²) in [6.07, 6.45) is 9.67. The maximum absolute atomic E-state index is 12.7. The quantitative estimate of drug-likeness (QED) is 0.789. The highest BCUT2D eigenvalue weighted by molar-refractivity contribution is 8.00. The molecule has 4 nitrogen and oxygen atoms in total. The van der Waals surface area contributed by atoms with Crippen molar-refractivity contribution in [2.24, 2.45) is 5.92 Å². The Morgan fingerprint density at radius 2 is 1.86 bits per heavy atom. The number of amides is 1. The predicted octanol–water partition coefficient (Wildman–Crippen LogP) is 3.50. The first-order chi connectivity index (χ1) is 10.1. The topological polar surface area (TPSA) is 57.6 Å². The Bertz CT molecular complexity index is 367. The van der Waals surface area contributed by atoms with Gasteiger partial charge in [-0.3, -0.25) is 4.79 Å². The van der Waals surface area contributed by atoms with Gasteiger partial charge in [-0.05, 0) is 25.2 Å². The van der Waals surface area contributed by atoms with E-state index in [1.165, 1.54) is 25.7 Å². The molecule has 1 amide bonds. The third kappa shape index (κ3) is 4.38. The number of nitrogens with zero attached hydrogens (tertiary/aromatic N) is 1. The number of carbonyl (C=O) groups is 2. The molecule has 0 aromatic rings. The lowest BCUT2D eigenvalue weighted by atomic mass is 9.95. The molecule has 2 rings (SSSR count). The molecule has 0 bridgehead atoms. The van der Waals surface area contributed by atoms with Gasteiger partial charge in [0.1, 0.15) is 6.04 Å². The number of aliphatic carboxylic acids is 1. The van der Waals surface area contributed by atoms with Crippen LogP contribution in [0.3, 0.4) is 0 Å². The lowest BCUT2D eigenvalue weighted by molar-refractivity contribution is -0.149. The number of hydrogen-bond acceptors (Lipinski definition) is 3. The van der Waals surface area contributed by atoms with E-state index in [0.29, 0.717) is 18.1 Å². The molecule has 2 aliphatic rings.